The van der Waals surface area contributed by atoms with Gasteiger partial charge in [0.05, 0.1) is 24.8 Å². The van der Waals surface area contributed by atoms with Crippen molar-refractivity contribution in [2.24, 2.45) is 5.92 Å². The first-order valence-corrected chi connectivity index (χ1v) is 7.81. The standard InChI is InChI=1S/C14H24N4OS/c1-12(2)9-16-10-13-11-20-14(17-13)18(6-4-5-15)7-8-19-3/h11-12,16H,4,6-10H2,1-3H3. The third-order valence-corrected chi connectivity index (χ3v) is 3.68. The van der Waals surface area contributed by atoms with Crippen molar-refractivity contribution in [1.82, 2.24) is 10.3 Å². The van der Waals surface area contributed by atoms with Gasteiger partial charge in [-0.25, -0.2) is 4.98 Å². The predicted molar refractivity (Wildman–Crippen MR) is 83.0 cm³/mol. The van der Waals surface area contributed by atoms with Gasteiger partial charge in [0.1, 0.15) is 0 Å². The molecule has 5 nitrogen and oxygen atoms in total. The minimum absolute atomic E-state index is 0.504. The molecule has 0 saturated carbocycles. The maximum Gasteiger partial charge on any atom is 0.185 e. The largest absolute Gasteiger partial charge is 0.383 e. The van der Waals surface area contributed by atoms with E-state index >= 15 is 0 Å². The molecule has 112 valence electrons. The highest BCUT2D eigenvalue weighted by molar-refractivity contribution is 7.13. The van der Waals surface area contributed by atoms with E-state index in [9.17, 15) is 0 Å². The highest BCUT2D eigenvalue weighted by Gasteiger charge is 2.10. The Bertz CT molecular complexity index is 414. The molecule has 1 heterocycles. The predicted octanol–water partition coefficient (Wildman–Crippen LogP) is 2.26. The zero-order chi connectivity index (χ0) is 14.8. The van der Waals surface area contributed by atoms with Crippen molar-refractivity contribution < 1.29 is 4.74 Å². The minimum Gasteiger partial charge on any atom is -0.383 e. The summed E-state index contributed by atoms with van der Waals surface area (Å²) in [6, 6.07) is 2.18. The van der Waals surface area contributed by atoms with Crippen LogP contribution in [-0.4, -0.2) is 38.3 Å². The first-order chi connectivity index (χ1) is 9.67. The summed E-state index contributed by atoms with van der Waals surface area (Å²) in [5.41, 5.74) is 1.06. The van der Waals surface area contributed by atoms with E-state index < -0.39 is 0 Å². The molecule has 1 aromatic rings. The molecule has 0 unspecified atom stereocenters. The molecule has 0 aromatic carbocycles. The lowest BCUT2D eigenvalue weighted by molar-refractivity contribution is 0.205. The van der Waals surface area contributed by atoms with Crippen LogP contribution >= 0.6 is 11.3 Å². The Balaban J connectivity index is 2.53. The molecule has 0 bridgehead atoms. The summed E-state index contributed by atoms with van der Waals surface area (Å²) in [4.78, 5) is 6.74. The van der Waals surface area contributed by atoms with Crippen LogP contribution in [-0.2, 0) is 11.3 Å². The lowest BCUT2D eigenvalue weighted by Crippen LogP contribution is -2.28. The van der Waals surface area contributed by atoms with Gasteiger partial charge in [0.15, 0.2) is 5.13 Å². The van der Waals surface area contributed by atoms with Crippen molar-refractivity contribution >= 4 is 16.5 Å². The van der Waals surface area contributed by atoms with Crippen LogP contribution in [0.1, 0.15) is 26.0 Å². The van der Waals surface area contributed by atoms with Crippen molar-refractivity contribution in [2.75, 3.05) is 38.3 Å². The third kappa shape index (κ3) is 6.33. The maximum atomic E-state index is 8.73. The van der Waals surface area contributed by atoms with Crippen molar-refractivity contribution in [3.05, 3.63) is 11.1 Å². The van der Waals surface area contributed by atoms with E-state index in [1.165, 1.54) is 0 Å². The van der Waals surface area contributed by atoms with Crippen molar-refractivity contribution in [2.45, 2.75) is 26.8 Å². The van der Waals surface area contributed by atoms with E-state index in [0.717, 1.165) is 30.5 Å². The summed E-state index contributed by atoms with van der Waals surface area (Å²) < 4.78 is 5.11. The Morgan fingerprint density at radius 2 is 2.30 bits per heavy atom. The van der Waals surface area contributed by atoms with Crippen LogP contribution in [0.15, 0.2) is 5.38 Å². The highest BCUT2D eigenvalue weighted by Crippen LogP contribution is 2.20. The van der Waals surface area contributed by atoms with E-state index in [0.29, 0.717) is 25.5 Å². The fraction of sp³-hybridized carbons (Fsp3) is 0.714. The second-order valence-corrected chi connectivity index (χ2v) is 5.87. The van der Waals surface area contributed by atoms with Gasteiger partial charge in [0.25, 0.3) is 0 Å². The normalized spacial score (nSPS) is 10.8. The maximum absolute atomic E-state index is 8.73. The Hall–Kier alpha value is -1.16. The molecule has 1 N–H and O–H groups in total. The highest BCUT2D eigenvalue weighted by atomic mass is 32.1. The Kier molecular flexibility index (Phi) is 8.19. The van der Waals surface area contributed by atoms with Crippen molar-refractivity contribution in [3.63, 3.8) is 0 Å². The number of anilines is 1. The Morgan fingerprint density at radius 1 is 1.50 bits per heavy atom. The molecular formula is C14H24N4OS. The average molecular weight is 296 g/mol. The number of aromatic nitrogens is 1. The first kappa shape index (κ1) is 16.9. The molecule has 0 atom stereocenters. The van der Waals surface area contributed by atoms with Crippen LogP contribution in [0.25, 0.3) is 0 Å². The van der Waals surface area contributed by atoms with Gasteiger partial charge in [-0.1, -0.05) is 13.8 Å². The van der Waals surface area contributed by atoms with E-state index in [1.807, 2.05) is 0 Å². The number of hydrogen-bond acceptors (Lipinski definition) is 6. The summed E-state index contributed by atoms with van der Waals surface area (Å²) in [6.45, 7) is 8.28. The average Bonchev–Trinajstić information content (AvgIpc) is 2.87. The fourth-order valence-corrected chi connectivity index (χ4v) is 2.58. The lowest BCUT2D eigenvalue weighted by atomic mass is 10.2. The van der Waals surface area contributed by atoms with Crippen LogP contribution in [0.4, 0.5) is 5.13 Å². The van der Waals surface area contributed by atoms with Crippen LogP contribution in [0.3, 0.4) is 0 Å². The molecule has 0 saturated heterocycles. The summed E-state index contributed by atoms with van der Waals surface area (Å²) in [5.74, 6) is 0.641. The van der Waals surface area contributed by atoms with Gasteiger partial charge in [-0.05, 0) is 12.5 Å². The fourth-order valence-electron chi connectivity index (χ4n) is 1.70. The zero-order valence-corrected chi connectivity index (χ0v) is 13.4. The first-order valence-electron chi connectivity index (χ1n) is 6.93. The van der Waals surface area contributed by atoms with Gasteiger partial charge in [-0.3, -0.25) is 0 Å². The second kappa shape index (κ2) is 9.70. The summed E-state index contributed by atoms with van der Waals surface area (Å²) in [7, 11) is 1.69. The van der Waals surface area contributed by atoms with Crippen molar-refractivity contribution in [1.29, 1.82) is 5.26 Å². The molecule has 1 rings (SSSR count). The molecule has 0 aliphatic heterocycles. The molecule has 0 fully saturated rings. The molecule has 6 heteroatoms. The number of nitrogens with one attached hydrogen (secondary N) is 1. The molecule has 1 aromatic heterocycles. The Labute approximate surface area is 125 Å². The van der Waals surface area contributed by atoms with Gasteiger partial charge < -0.3 is 15.0 Å². The SMILES string of the molecule is COCCN(CCC#N)c1nc(CNCC(C)C)cs1. The van der Waals surface area contributed by atoms with Gasteiger partial charge in [0.2, 0.25) is 0 Å². The monoisotopic (exact) mass is 296 g/mol. The summed E-state index contributed by atoms with van der Waals surface area (Å²) in [6.07, 6.45) is 0.504. The Morgan fingerprint density at radius 3 is 2.95 bits per heavy atom. The van der Waals surface area contributed by atoms with E-state index in [4.69, 9.17) is 10.00 Å². The van der Waals surface area contributed by atoms with Crippen molar-refractivity contribution in [3.8, 4) is 6.07 Å². The van der Waals surface area contributed by atoms with Crippen LogP contribution < -0.4 is 10.2 Å². The summed E-state index contributed by atoms with van der Waals surface area (Å²) >= 11 is 1.63. The zero-order valence-electron chi connectivity index (χ0n) is 12.6. The molecule has 0 aliphatic rings. The quantitative estimate of drug-likeness (QED) is 0.717. The van der Waals surface area contributed by atoms with Gasteiger partial charge in [-0.2, -0.15) is 5.26 Å². The number of nitrogens with zero attached hydrogens (tertiary/aromatic N) is 3. The third-order valence-electron chi connectivity index (χ3n) is 2.73. The molecule has 0 amide bonds. The molecule has 0 spiro atoms. The number of rotatable bonds is 10. The molecule has 0 aliphatic carbocycles. The van der Waals surface area contributed by atoms with Crippen LogP contribution in [0, 0.1) is 17.2 Å². The van der Waals surface area contributed by atoms with E-state index in [1.54, 1.807) is 18.4 Å². The topological polar surface area (TPSA) is 61.2 Å². The number of thiazole rings is 1. The molecular weight excluding hydrogens is 272 g/mol. The number of methoxy groups -OCH3 is 1. The smallest absolute Gasteiger partial charge is 0.185 e. The van der Waals surface area contributed by atoms with Gasteiger partial charge in [-0.15, -0.1) is 11.3 Å². The number of nitriles is 1. The number of ether oxygens (including phenoxy) is 1. The number of hydrogen-bond donors (Lipinski definition) is 1. The van der Waals surface area contributed by atoms with Gasteiger partial charge in [0, 0.05) is 32.1 Å². The molecule has 20 heavy (non-hydrogen) atoms. The lowest BCUT2D eigenvalue weighted by Gasteiger charge is -2.19. The van der Waals surface area contributed by atoms with E-state index in [-0.39, 0.29) is 0 Å². The van der Waals surface area contributed by atoms with Crippen LogP contribution in [0.5, 0.6) is 0 Å². The summed E-state index contributed by atoms with van der Waals surface area (Å²) in [5, 5.41) is 15.2. The van der Waals surface area contributed by atoms with Gasteiger partial charge >= 0.3 is 0 Å². The van der Waals surface area contributed by atoms with E-state index in [2.05, 4.69) is 40.5 Å². The van der Waals surface area contributed by atoms with Crippen LogP contribution in [0.2, 0.25) is 0 Å². The second-order valence-electron chi connectivity index (χ2n) is 5.03. The molecule has 0 radical (unpaired) electrons. The minimum atomic E-state index is 0.504.